The second-order valence-corrected chi connectivity index (χ2v) is 8.25. The SMILES string of the molecule is CN(C)C(=O)c1cccc(S(=O)(=O)N2CCCCc3ccccc32)c1. The van der Waals surface area contributed by atoms with Crippen LogP contribution in [-0.4, -0.2) is 39.9 Å². The van der Waals surface area contributed by atoms with Crippen LogP contribution in [0.2, 0.25) is 0 Å². The number of sulfonamides is 1. The Kier molecular flexibility index (Phi) is 4.81. The highest BCUT2D eigenvalue weighted by molar-refractivity contribution is 7.92. The van der Waals surface area contributed by atoms with Crippen molar-refractivity contribution in [3.05, 3.63) is 59.7 Å². The fourth-order valence-corrected chi connectivity index (χ4v) is 4.67. The maximum absolute atomic E-state index is 13.2. The normalized spacial score (nSPS) is 14.6. The van der Waals surface area contributed by atoms with E-state index < -0.39 is 10.0 Å². The fraction of sp³-hybridized carbons (Fsp3) is 0.316. The molecule has 1 aliphatic heterocycles. The first-order valence-electron chi connectivity index (χ1n) is 8.33. The van der Waals surface area contributed by atoms with Gasteiger partial charge in [-0.15, -0.1) is 0 Å². The second kappa shape index (κ2) is 6.88. The van der Waals surface area contributed by atoms with Crippen molar-refractivity contribution in [1.82, 2.24) is 4.90 Å². The number of anilines is 1. The quantitative estimate of drug-likeness (QED) is 0.848. The molecule has 0 aliphatic carbocycles. The Balaban J connectivity index is 2.05. The van der Waals surface area contributed by atoms with Gasteiger partial charge in [-0.05, 0) is 49.1 Å². The van der Waals surface area contributed by atoms with E-state index in [4.69, 9.17) is 0 Å². The number of amides is 1. The van der Waals surface area contributed by atoms with E-state index in [-0.39, 0.29) is 10.8 Å². The summed E-state index contributed by atoms with van der Waals surface area (Å²) < 4.78 is 28.0. The van der Waals surface area contributed by atoms with Crippen LogP contribution in [0.15, 0.2) is 53.4 Å². The van der Waals surface area contributed by atoms with Gasteiger partial charge in [0.15, 0.2) is 0 Å². The Bertz CT molecular complexity index is 891. The third-order valence-electron chi connectivity index (χ3n) is 4.39. The topological polar surface area (TPSA) is 57.7 Å². The Morgan fingerprint density at radius 1 is 1.04 bits per heavy atom. The van der Waals surface area contributed by atoms with Crippen molar-refractivity contribution >= 4 is 21.6 Å². The zero-order valence-corrected chi connectivity index (χ0v) is 15.3. The molecule has 0 fully saturated rings. The lowest BCUT2D eigenvalue weighted by Crippen LogP contribution is -2.32. The third-order valence-corrected chi connectivity index (χ3v) is 6.20. The molecule has 1 heterocycles. The molecule has 5 nitrogen and oxygen atoms in total. The summed E-state index contributed by atoms with van der Waals surface area (Å²) in [6.45, 7) is 0.450. The van der Waals surface area contributed by atoms with E-state index in [2.05, 4.69) is 0 Å². The number of fused-ring (bicyclic) bond motifs is 1. The van der Waals surface area contributed by atoms with Crippen molar-refractivity contribution < 1.29 is 13.2 Å². The lowest BCUT2D eigenvalue weighted by Gasteiger charge is -2.25. The molecule has 25 heavy (non-hydrogen) atoms. The van der Waals surface area contributed by atoms with Crippen LogP contribution in [-0.2, 0) is 16.4 Å². The summed E-state index contributed by atoms with van der Waals surface area (Å²) in [5.74, 6) is -0.215. The van der Waals surface area contributed by atoms with Gasteiger partial charge in [0.1, 0.15) is 0 Å². The maximum atomic E-state index is 13.2. The van der Waals surface area contributed by atoms with Crippen LogP contribution in [0.3, 0.4) is 0 Å². The van der Waals surface area contributed by atoms with Gasteiger partial charge >= 0.3 is 0 Å². The minimum absolute atomic E-state index is 0.150. The highest BCUT2D eigenvalue weighted by atomic mass is 32.2. The van der Waals surface area contributed by atoms with Gasteiger partial charge in [-0.3, -0.25) is 9.10 Å². The van der Waals surface area contributed by atoms with Gasteiger partial charge in [0.2, 0.25) is 0 Å². The molecule has 3 rings (SSSR count). The van der Waals surface area contributed by atoms with Crippen molar-refractivity contribution in [3.63, 3.8) is 0 Å². The van der Waals surface area contributed by atoms with Crippen molar-refractivity contribution in [2.45, 2.75) is 24.2 Å². The molecule has 0 aromatic heterocycles. The largest absolute Gasteiger partial charge is 0.345 e. The molecule has 6 heteroatoms. The Labute approximate surface area is 148 Å². The van der Waals surface area contributed by atoms with E-state index in [1.165, 1.54) is 15.3 Å². The van der Waals surface area contributed by atoms with Crippen molar-refractivity contribution in [2.75, 3.05) is 24.9 Å². The van der Waals surface area contributed by atoms with Gasteiger partial charge in [0.25, 0.3) is 15.9 Å². The molecule has 1 aliphatic rings. The monoisotopic (exact) mass is 358 g/mol. The highest BCUT2D eigenvalue weighted by Gasteiger charge is 2.28. The van der Waals surface area contributed by atoms with E-state index in [1.807, 2.05) is 24.3 Å². The van der Waals surface area contributed by atoms with Gasteiger partial charge in [0, 0.05) is 26.2 Å². The molecule has 132 valence electrons. The number of para-hydroxylation sites is 1. The number of hydrogen-bond donors (Lipinski definition) is 0. The average molecular weight is 358 g/mol. The maximum Gasteiger partial charge on any atom is 0.264 e. The number of benzene rings is 2. The standard InChI is InChI=1S/C19H22N2O3S/c1-20(2)19(22)16-10-7-11-17(14-16)25(23,24)21-13-6-5-9-15-8-3-4-12-18(15)21/h3-4,7-8,10-12,14H,5-6,9,13H2,1-2H3. The molecule has 0 atom stereocenters. The van der Waals surface area contributed by atoms with Crippen LogP contribution < -0.4 is 4.31 Å². The highest BCUT2D eigenvalue weighted by Crippen LogP contribution is 2.31. The van der Waals surface area contributed by atoms with Crippen LogP contribution in [0.4, 0.5) is 5.69 Å². The van der Waals surface area contributed by atoms with Crippen molar-refractivity contribution in [3.8, 4) is 0 Å². The Hall–Kier alpha value is -2.34. The molecule has 2 aromatic carbocycles. The van der Waals surface area contributed by atoms with E-state index in [0.717, 1.165) is 30.5 Å². The van der Waals surface area contributed by atoms with E-state index in [9.17, 15) is 13.2 Å². The fourth-order valence-electron chi connectivity index (χ4n) is 3.08. The smallest absolute Gasteiger partial charge is 0.264 e. The molecule has 0 spiro atoms. The minimum Gasteiger partial charge on any atom is -0.345 e. The first kappa shape index (κ1) is 17.5. The summed E-state index contributed by atoms with van der Waals surface area (Å²) >= 11 is 0. The van der Waals surface area contributed by atoms with Crippen molar-refractivity contribution in [1.29, 1.82) is 0 Å². The van der Waals surface area contributed by atoms with Gasteiger partial charge in [-0.1, -0.05) is 24.3 Å². The number of carbonyl (C=O) groups excluding carboxylic acids is 1. The first-order valence-corrected chi connectivity index (χ1v) is 9.77. The molecular weight excluding hydrogens is 336 g/mol. The zero-order chi connectivity index (χ0) is 18.0. The van der Waals surface area contributed by atoms with Crippen LogP contribution >= 0.6 is 0 Å². The minimum atomic E-state index is -3.72. The molecule has 0 radical (unpaired) electrons. The number of rotatable bonds is 3. The predicted molar refractivity (Wildman–Crippen MR) is 98.4 cm³/mol. The lowest BCUT2D eigenvalue weighted by atomic mass is 10.1. The van der Waals surface area contributed by atoms with Crippen LogP contribution in [0, 0.1) is 0 Å². The molecule has 2 aromatic rings. The molecule has 0 saturated heterocycles. The number of nitrogens with zero attached hydrogens (tertiary/aromatic N) is 2. The number of aryl methyl sites for hydroxylation is 1. The average Bonchev–Trinajstić information content (AvgIpc) is 2.84. The summed E-state index contributed by atoms with van der Waals surface area (Å²) in [6.07, 6.45) is 2.65. The van der Waals surface area contributed by atoms with Gasteiger partial charge in [-0.2, -0.15) is 0 Å². The van der Waals surface area contributed by atoms with E-state index in [1.54, 1.807) is 32.3 Å². The summed E-state index contributed by atoms with van der Waals surface area (Å²) in [5.41, 5.74) is 2.16. The van der Waals surface area contributed by atoms with Crippen LogP contribution in [0.25, 0.3) is 0 Å². The molecule has 0 saturated carbocycles. The van der Waals surface area contributed by atoms with Gasteiger partial charge in [-0.25, -0.2) is 8.42 Å². The van der Waals surface area contributed by atoms with Gasteiger partial charge in [0.05, 0.1) is 10.6 Å². The first-order chi connectivity index (χ1) is 11.9. The Morgan fingerprint density at radius 3 is 2.56 bits per heavy atom. The third kappa shape index (κ3) is 3.39. The van der Waals surface area contributed by atoms with Crippen LogP contribution in [0.1, 0.15) is 28.8 Å². The summed E-state index contributed by atoms with van der Waals surface area (Å²) in [6, 6.07) is 13.9. The predicted octanol–water partition coefficient (Wildman–Crippen LogP) is 2.92. The van der Waals surface area contributed by atoms with Crippen molar-refractivity contribution in [2.24, 2.45) is 0 Å². The molecule has 0 unspecified atom stereocenters. The molecular formula is C19H22N2O3S. The molecule has 0 bridgehead atoms. The second-order valence-electron chi connectivity index (χ2n) is 6.39. The zero-order valence-electron chi connectivity index (χ0n) is 14.5. The number of hydrogen-bond acceptors (Lipinski definition) is 3. The number of carbonyl (C=O) groups is 1. The summed E-state index contributed by atoms with van der Waals surface area (Å²) in [7, 11) is -0.423. The molecule has 0 N–H and O–H groups in total. The summed E-state index contributed by atoms with van der Waals surface area (Å²) in [5, 5.41) is 0. The van der Waals surface area contributed by atoms with E-state index >= 15 is 0 Å². The molecule has 1 amide bonds. The van der Waals surface area contributed by atoms with Gasteiger partial charge < -0.3 is 4.90 Å². The lowest BCUT2D eigenvalue weighted by molar-refractivity contribution is 0.0827. The van der Waals surface area contributed by atoms with Crippen LogP contribution in [0.5, 0.6) is 0 Å². The Morgan fingerprint density at radius 2 is 1.80 bits per heavy atom. The summed E-state index contributed by atoms with van der Waals surface area (Å²) in [4.78, 5) is 13.8. The van der Waals surface area contributed by atoms with E-state index in [0.29, 0.717) is 12.1 Å².